The number of rotatable bonds is 7. The second-order valence-corrected chi connectivity index (χ2v) is 14.2. The SMILES string of the molecule is CC1(C)c2ccccc2-c2ccc(-c3ccc(N(C4=Cc5ccccc5CC4)c4cccc(N(c5ccccc5)c5ccccc5)c4)cc3)cc21. The van der Waals surface area contributed by atoms with Gasteiger partial charge in [-0.05, 0) is 124 Å². The lowest BCUT2D eigenvalue weighted by atomic mass is 9.81. The number of para-hydroxylation sites is 2. The van der Waals surface area contributed by atoms with Gasteiger partial charge >= 0.3 is 0 Å². The first-order valence-electron chi connectivity index (χ1n) is 18.0. The number of nitrogens with zero attached hydrogens (tertiary/aromatic N) is 2. The van der Waals surface area contributed by atoms with E-state index in [2.05, 4.69) is 206 Å². The van der Waals surface area contributed by atoms with Crippen LogP contribution in [0, 0.1) is 0 Å². The third-order valence-corrected chi connectivity index (χ3v) is 10.7. The van der Waals surface area contributed by atoms with Gasteiger partial charge in [0.2, 0.25) is 0 Å². The van der Waals surface area contributed by atoms with Crippen molar-refractivity contribution in [3.63, 3.8) is 0 Å². The third kappa shape index (κ3) is 5.54. The predicted octanol–water partition coefficient (Wildman–Crippen LogP) is 13.3. The topological polar surface area (TPSA) is 6.48 Å². The van der Waals surface area contributed by atoms with E-state index in [1.165, 1.54) is 50.2 Å². The van der Waals surface area contributed by atoms with Crippen LogP contribution in [0.1, 0.15) is 42.5 Å². The summed E-state index contributed by atoms with van der Waals surface area (Å²) in [7, 11) is 0. The molecule has 9 rings (SSSR count). The Morgan fingerprint density at radius 3 is 1.73 bits per heavy atom. The molecule has 0 aromatic heterocycles. The molecule has 0 fully saturated rings. The molecule has 0 saturated carbocycles. The summed E-state index contributed by atoms with van der Waals surface area (Å²) in [4.78, 5) is 4.79. The van der Waals surface area contributed by atoms with Gasteiger partial charge in [-0.15, -0.1) is 0 Å². The Morgan fingerprint density at radius 1 is 0.412 bits per heavy atom. The first-order chi connectivity index (χ1) is 25.0. The van der Waals surface area contributed by atoms with Gasteiger partial charge in [-0.1, -0.05) is 129 Å². The Morgan fingerprint density at radius 2 is 0.980 bits per heavy atom. The molecule has 0 heterocycles. The summed E-state index contributed by atoms with van der Waals surface area (Å²) in [6.07, 6.45) is 4.36. The lowest BCUT2D eigenvalue weighted by molar-refractivity contribution is 0.660. The molecule has 0 unspecified atom stereocenters. The Kier molecular flexibility index (Phi) is 7.66. The van der Waals surface area contributed by atoms with E-state index in [-0.39, 0.29) is 5.41 Å². The number of allylic oxidation sites excluding steroid dienone is 1. The van der Waals surface area contributed by atoms with Crippen LogP contribution in [0.4, 0.5) is 28.4 Å². The van der Waals surface area contributed by atoms with Crippen LogP contribution in [0.3, 0.4) is 0 Å². The van der Waals surface area contributed by atoms with Crippen LogP contribution < -0.4 is 9.80 Å². The smallest absolute Gasteiger partial charge is 0.0482 e. The monoisotopic (exact) mass is 656 g/mol. The molecular weight excluding hydrogens is 617 g/mol. The minimum Gasteiger partial charge on any atom is -0.314 e. The van der Waals surface area contributed by atoms with E-state index in [1.54, 1.807) is 0 Å². The van der Waals surface area contributed by atoms with Gasteiger partial charge in [-0.3, -0.25) is 0 Å². The normalized spacial score (nSPS) is 13.8. The zero-order valence-corrected chi connectivity index (χ0v) is 29.1. The highest BCUT2D eigenvalue weighted by Crippen LogP contribution is 2.49. The second kappa shape index (κ2) is 12.6. The summed E-state index contributed by atoms with van der Waals surface area (Å²) < 4.78 is 0. The van der Waals surface area contributed by atoms with Crippen LogP contribution in [-0.2, 0) is 11.8 Å². The highest BCUT2D eigenvalue weighted by Gasteiger charge is 2.35. The lowest BCUT2D eigenvalue weighted by Gasteiger charge is -2.32. The van der Waals surface area contributed by atoms with Crippen molar-refractivity contribution in [1.29, 1.82) is 0 Å². The van der Waals surface area contributed by atoms with E-state index in [0.29, 0.717) is 0 Å². The number of aryl methyl sites for hydroxylation is 1. The molecule has 0 bridgehead atoms. The van der Waals surface area contributed by atoms with Crippen molar-refractivity contribution in [2.45, 2.75) is 32.1 Å². The van der Waals surface area contributed by atoms with E-state index in [1.807, 2.05) is 0 Å². The maximum Gasteiger partial charge on any atom is 0.0482 e. The second-order valence-electron chi connectivity index (χ2n) is 14.2. The highest BCUT2D eigenvalue weighted by molar-refractivity contribution is 5.85. The Bertz CT molecular complexity index is 2350. The number of benzene rings is 7. The molecule has 51 heavy (non-hydrogen) atoms. The molecule has 7 aromatic carbocycles. The minimum absolute atomic E-state index is 0.0270. The fourth-order valence-electron chi connectivity index (χ4n) is 8.13. The van der Waals surface area contributed by atoms with Gasteiger partial charge in [0.15, 0.2) is 0 Å². The minimum atomic E-state index is -0.0270. The van der Waals surface area contributed by atoms with Crippen molar-refractivity contribution in [1.82, 2.24) is 0 Å². The Labute approximate surface area is 301 Å². The van der Waals surface area contributed by atoms with E-state index in [9.17, 15) is 0 Å². The zero-order chi connectivity index (χ0) is 34.4. The van der Waals surface area contributed by atoms with Crippen LogP contribution >= 0.6 is 0 Å². The average molecular weight is 657 g/mol. The standard InChI is InChI=1S/C49H40N2/c1-49(2)47-23-12-11-22-45(47)46-31-27-38(33-48(46)49)36-24-28-41(29-25-36)51(44-30-26-35-14-9-10-15-37(35)32-44)43-21-13-20-42(34-43)50(39-16-5-3-6-17-39)40-18-7-4-8-19-40/h3-25,27-29,31-34H,26,30H2,1-2H3. The molecule has 0 amide bonds. The maximum atomic E-state index is 2.46. The van der Waals surface area contributed by atoms with E-state index >= 15 is 0 Å². The summed E-state index contributed by atoms with van der Waals surface area (Å²) in [5.74, 6) is 0. The molecule has 0 aliphatic heterocycles. The molecular formula is C49H40N2. The van der Waals surface area contributed by atoms with Gasteiger partial charge in [0.05, 0.1) is 0 Å². The molecule has 246 valence electrons. The van der Waals surface area contributed by atoms with Crippen molar-refractivity contribution in [2.24, 2.45) is 0 Å². The van der Waals surface area contributed by atoms with Gasteiger partial charge in [0.25, 0.3) is 0 Å². The van der Waals surface area contributed by atoms with Crippen molar-refractivity contribution in [3.05, 3.63) is 204 Å². The number of hydrogen-bond acceptors (Lipinski definition) is 2. The Balaban J connectivity index is 1.13. The number of fused-ring (bicyclic) bond motifs is 4. The summed E-state index contributed by atoms with van der Waals surface area (Å²) >= 11 is 0. The summed E-state index contributed by atoms with van der Waals surface area (Å²) in [5, 5.41) is 0. The van der Waals surface area contributed by atoms with Gasteiger partial charge in [0, 0.05) is 39.5 Å². The van der Waals surface area contributed by atoms with Crippen molar-refractivity contribution < 1.29 is 0 Å². The summed E-state index contributed by atoms with van der Waals surface area (Å²) in [6, 6.07) is 64.1. The molecule has 0 radical (unpaired) electrons. The average Bonchev–Trinajstić information content (AvgIpc) is 3.42. The largest absolute Gasteiger partial charge is 0.314 e. The maximum absolute atomic E-state index is 2.46. The fraction of sp³-hybridized carbons (Fsp3) is 0.102. The van der Waals surface area contributed by atoms with Crippen LogP contribution in [0.25, 0.3) is 28.3 Å². The summed E-state index contributed by atoms with van der Waals surface area (Å²) in [5.41, 5.74) is 17.6. The molecule has 0 atom stereocenters. The molecule has 2 aliphatic rings. The number of hydrogen-bond donors (Lipinski definition) is 0. The van der Waals surface area contributed by atoms with Crippen molar-refractivity contribution >= 4 is 34.5 Å². The quantitative estimate of drug-likeness (QED) is 0.168. The van der Waals surface area contributed by atoms with Crippen LogP contribution in [0.5, 0.6) is 0 Å². The summed E-state index contributed by atoms with van der Waals surface area (Å²) in [6.45, 7) is 4.70. The number of anilines is 5. The van der Waals surface area contributed by atoms with Crippen molar-refractivity contribution in [2.75, 3.05) is 9.80 Å². The molecule has 2 aliphatic carbocycles. The first-order valence-corrected chi connectivity index (χ1v) is 18.0. The first kappa shape index (κ1) is 30.9. The van der Waals surface area contributed by atoms with E-state index < -0.39 is 0 Å². The predicted molar refractivity (Wildman–Crippen MR) is 215 cm³/mol. The van der Waals surface area contributed by atoms with E-state index in [0.717, 1.165) is 41.3 Å². The Hall–Kier alpha value is -6.12. The van der Waals surface area contributed by atoms with Crippen molar-refractivity contribution in [3.8, 4) is 22.3 Å². The molecule has 0 spiro atoms. The third-order valence-electron chi connectivity index (χ3n) is 10.7. The lowest BCUT2D eigenvalue weighted by Crippen LogP contribution is -2.19. The zero-order valence-electron chi connectivity index (χ0n) is 29.1. The highest BCUT2D eigenvalue weighted by atomic mass is 15.2. The van der Waals surface area contributed by atoms with Gasteiger partial charge in [0.1, 0.15) is 0 Å². The van der Waals surface area contributed by atoms with Crippen LogP contribution in [0.2, 0.25) is 0 Å². The molecule has 0 saturated heterocycles. The molecule has 2 nitrogen and oxygen atoms in total. The van der Waals surface area contributed by atoms with Gasteiger partial charge in [-0.25, -0.2) is 0 Å². The molecule has 2 heteroatoms. The van der Waals surface area contributed by atoms with Crippen LogP contribution in [0.15, 0.2) is 182 Å². The molecule has 7 aromatic rings. The van der Waals surface area contributed by atoms with Gasteiger partial charge < -0.3 is 9.80 Å². The molecule has 0 N–H and O–H groups in total. The fourth-order valence-corrected chi connectivity index (χ4v) is 8.13. The van der Waals surface area contributed by atoms with E-state index in [4.69, 9.17) is 0 Å². The van der Waals surface area contributed by atoms with Crippen LogP contribution in [-0.4, -0.2) is 0 Å². The van der Waals surface area contributed by atoms with Gasteiger partial charge in [-0.2, -0.15) is 0 Å².